The number of hydrogen-bond donors (Lipinski definition) is 1. The third-order valence-electron chi connectivity index (χ3n) is 4.76. The summed E-state index contributed by atoms with van der Waals surface area (Å²) in [5.74, 6) is -1.26. The van der Waals surface area contributed by atoms with Crippen molar-refractivity contribution in [2.24, 2.45) is 0 Å². The fourth-order valence-corrected chi connectivity index (χ4v) is 3.48. The number of fused-ring (bicyclic) bond motifs is 1. The standard InChI is InChI=1S/C22H16ClFN2O3/c1-29-22(28)14-8-6-13(7-9-14)20-25-19-5-3-2-4-16(19)21(27)26(20)15-10-11-18(24)17(23)12-15/h2-12,20,25H,1H3. The Labute approximate surface area is 171 Å². The average molecular weight is 411 g/mol. The molecule has 1 unspecified atom stereocenters. The minimum atomic E-state index is -0.578. The molecule has 0 saturated carbocycles. The Balaban J connectivity index is 1.81. The van der Waals surface area contributed by atoms with Crippen molar-refractivity contribution in [3.8, 4) is 0 Å². The van der Waals surface area contributed by atoms with E-state index in [0.29, 0.717) is 22.5 Å². The molecule has 0 bridgehead atoms. The molecule has 1 N–H and O–H groups in total. The average Bonchev–Trinajstić information content (AvgIpc) is 2.75. The van der Waals surface area contributed by atoms with Crippen molar-refractivity contribution in [1.29, 1.82) is 0 Å². The minimum absolute atomic E-state index is 0.0750. The molecule has 1 heterocycles. The fourth-order valence-electron chi connectivity index (χ4n) is 3.31. The van der Waals surface area contributed by atoms with E-state index in [1.54, 1.807) is 36.4 Å². The summed E-state index contributed by atoms with van der Waals surface area (Å²) in [4.78, 5) is 26.5. The highest BCUT2D eigenvalue weighted by atomic mass is 35.5. The Kier molecular flexibility index (Phi) is 4.94. The first-order valence-electron chi connectivity index (χ1n) is 8.82. The highest BCUT2D eigenvalue weighted by molar-refractivity contribution is 6.31. The first-order chi connectivity index (χ1) is 14.0. The predicted octanol–water partition coefficient (Wildman–Crippen LogP) is 5.04. The van der Waals surface area contributed by atoms with E-state index in [2.05, 4.69) is 5.32 Å². The van der Waals surface area contributed by atoms with Gasteiger partial charge in [-0.05, 0) is 48.0 Å². The zero-order chi connectivity index (χ0) is 20.5. The minimum Gasteiger partial charge on any atom is -0.465 e. The van der Waals surface area contributed by atoms with Crippen LogP contribution in [0.4, 0.5) is 15.8 Å². The molecule has 3 aromatic rings. The number of rotatable bonds is 3. The summed E-state index contributed by atoms with van der Waals surface area (Å²) in [6.45, 7) is 0. The van der Waals surface area contributed by atoms with Crippen LogP contribution in [-0.2, 0) is 4.74 Å². The number of nitrogens with zero attached hydrogens (tertiary/aromatic N) is 1. The summed E-state index contributed by atoms with van der Waals surface area (Å²) in [5.41, 5.74) is 2.76. The molecule has 0 saturated heterocycles. The lowest BCUT2D eigenvalue weighted by atomic mass is 10.0. The van der Waals surface area contributed by atoms with Crippen LogP contribution < -0.4 is 10.2 Å². The number of hydrogen-bond acceptors (Lipinski definition) is 4. The predicted molar refractivity (Wildman–Crippen MR) is 109 cm³/mol. The number of nitrogens with one attached hydrogen (secondary N) is 1. The van der Waals surface area contributed by atoms with E-state index < -0.39 is 18.0 Å². The Hall–Kier alpha value is -3.38. The van der Waals surface area contributed by atoms with Crippen LogP contribution in [0.5, 0.6) is 0 Å². The van der Waals surface area contributed by atoms with Crippen molar-refractivity contribution in [2.75, 3.05) is 17.3 Å². The van der Waals surface area contributed by atoms with Crippen LogP contribution in [0.1, 0.15) is 32.4 Å². The second kappa shape index (κ2) is 7.56. The van der Waals surface area contributed by atoms with Crippen LogP contribution in [0.3, 0.4) is 0 Å². The topological polar surface area (TPSA) is 58.6 Å². The van der Waals surface area contributed by atoms with Crippen LogP contribution in [0, 0.1) is 5.82 Å². The van der Waals surface area contributed by atoms with E-state index in [9.17, 15) is 14.0 Å². The number of carbonyl (C=O) groups excluding carboxylic acids is 2. The Morgan fingerprint density at radius 1 is 1.10 bits per heavy atom. The molecular weight excluding hydrogens is 395 g/mol. The Bertz CT molecular complexity index is 1100. The summed E-state index contributed by atoms with van der Waals surface area (Å²) < 4.78 is 18.4. The number of para-hydroxylation sites is 1. The largest absolute Gasteiger partial charge is 0.465 e. The number of methoxy groups -OCH3 is 1. The molecule has 0 aliphatic carbocycles. The lowest BCUT2D eigenvalue weighted by Crippen LogP contribution is -2.43. The highest BCUT2D eigenvalue weighted by Crippen LogP contribution is 2.37. The van der Waals surface area contributed by atoms with E-state index in [0.717, 1.165) is 5.56 Å². The summed E-state index contributed by atoms with van der Waals surface area (Å²) in [6.07, 6.45) is -0.578. The van der Waals surface area contributed by atoms with Crippen molar-refractivity contribution >= 4 is 34.9 Å². The van der Waals surface area contributed by atoms with Gasteiger partial charge in [0.15, 0.2) is 0 Å². The molecule has 29 heavy (non-hydrogen) atoms. The number of carbonyl (C=O) groups is 2. The molecule has 1 aliphatic rings. The van der Waals surface area contributed by atoms with Gasteiger partial charge in [0, 0.05) is 11.4 Å². The summed E-state index contributed by atoms with van der Waals surface area (Å²) >= 11 is 5.96. The first-order valence-corrected chi connectivity index (χ1v) is 9.20. The maximum absolute atomic E-state index is 13.7. The third kappa shape index (κ3) is 3.43. The third-order valence-corrected chi connectivity index (χ3v) is 5.05. The molecule has 1 aliphatic heterocycles. The van der Waals surface area contributed by atoms with Gasteiger partial charge in [-0.1, -0.05) is 35.9 Å². The van der Waals surface area contributed by atoms with E-state index in [4.69, 9.17) is 16.3 Å². The van der Waals surface area contributed by atoms with Gasteiger partial charge in [-0.2, -0.15) is 0 Å². The molecule has 0 radical (unpaired) electrons. The van der Waals surface area contributed by atoms with Gasteiger partial charge in [-0.15, -0.1) is 0 Å². The Morgan fingerprint density at radius 3 is 2.52 bits per heavy atom. The maximum atomic E-state index is 13.7. The van der Waals surface area contributed by atoms with Crippen LogP contribution in [-0.4, -0.2) is 19.0 Å². The quantitative estimate of drug-likeness (QED) is 0.615. The van der Waals surface area contributed by atoms with Crippen molar-refractivity contribution < 1.29 is 18.7 Å². The molecule has 3 aromatic carbocycles. The molecule has 5 nitrogen and oxygen atoms in total. The van der Waals surface area contributed by atoms with Crippen molar-refractivity contribution in [3.05, 3.63) is 94.3 Å². The van der Waals surface area contributed by atoms with Gasteiger partial charge >= 0.3 is 5.97 Å². The zero-order valence-corrected chi connectivity index (χ0v) is 16.1. The van der Waals surface area contributed by atoms with Gasteiger partial charge in [0.25, 0.3) is 5.91 Å². The van der Waals surface area contributed by atoms with Gasteiger partial charge < -0.3 is 10.1 Å². The summed E-state index contributed by atoms with van der Waals surface area (Å²) in [7, 11) is 1.31. The smallest absolute Gasteiger partial charge is 0.337 e. The number of ether oxygens (including phenoxy) is 1. The van der Waals surface area contributed by atoms with E-state index >= 15 is 0 Å². The summed E-state index contributed by atoms with van der Waals surface area (Å²) in [6, 6.07) is 18.0. The van der Waals surface area contributed by atoms with Gasteiger partial charge in [-0.25, -0.2) is 9.18 Å². The van der Waals surface area contributed by atoms with Crippen LogP contribution >= 0.6 is 11.6 Å². The number of esters is 1. The van der Waals surface area contributed by atoms with Gasteiger partial charge in [0.2, 0.25) is 0 Å². The van der Waals surface area contributed by atoms with Gasteiger partial charge in [0.05, 0.1) is 23.3 Å². The molecule has 146 valence electrons. The summed E-state index contributed by atoms with van der Waals surface area (Å²) in [5, 5.41) is 3.27. The lowest BCUT2D eigenvalue weighted by Gasteiger charge is -2.38. The number of benzene rings is 3. The monoisotopic (exact) mass is 410 g/mol. The maximum Gasteiger partial charge on any atom is 0.337 e. The highest BCUT2D eigenvalue weighted by Gasteiger charge is 2.34. The fraction of sp³-hybridized carbons (Fsp3) is 0.0909. The van der Waals surface area contributed by atoms with Gasteiger partial charge in [-0.3, -0.25) is 9.69 Å². The van der Waals surface area contributed by atoms with Crippen molar-refractivity contribution in [2.45, 2.75) is 6.17 Å². The molecule has 0 aromatic heterocycles. The Morgan fingerprint density at radius 2 is 1.83 bits per heavy atom. The second-order valence-electron chi connectivity index (χ2n) is 6.48. The molecule has 4 rings (SSSR count). The second-order valence-corrected chi connectivity index (χ2v) is 6.89. The number of halogens is 2. The van der Waals surface area contributed by atoms with Crippen molar-refractivity contribution in [1.82, 2.24) is 0 Å². The molecule has 7 heteroatoms. The van der Waals surface area contributed by atoms with E-state index in [1.165, 1.54) is 30.2 Å². The van der Waals surface area contributed by atoms with Crippen LogP contribution in [0.15, 0.2) is 66.7 Å². The lowest BCUT2D eigenvalue weighted by molar-refractivity contribution is 0.0600. The van der Waals surface area contributed by atoms with Gasteiger partial charge in [0.1, 0.15) is 12.0 Å². The molecule has 1 amide bonds. The number of anilines is 2. The SMILES string of the molecule is COC(=O)c1ccc(C2Nc3ccccc3C(=O)N2c2ccc(F)c(Cl)c2)cc1. The van der Waals surface area contributed by atoms with E-state index in [1.807, 2.05) is 12.1 Å². The molecule has 0 fully saturated rings. The molecule has 0 spiro atoms. The van der Waals surface area contributed by atoms with Crippen LogP contribution in [0.2, 0.25) is 5.02 Å². The molecular formula is C22H16ClFN2O3. The van der Waals surface area contributed by atoms with E-state index in [-0.39, 0.29) is 10.9 Å². The normalized spacial score (nSPS) is 15.5. The van der Waals surface area contributed by atoms with Crippen LogP contribution in [0.25, 0.3) is 0 Å². The zero-order valence-electron chi connectivity index (χ0n) is 15.4. The first kappa shape index (κ1) is 19.0. The molecule has 1 atom stereocenters. The number of amides is 1. The van der Waals surface area contributed by atoms with Crippen molar-refractivity contribution in [3.63, 3.8) is 0 Å².